The molecule has 0 aliphatic carbocycles. The van der Waals surface area contributed by atoms with E-state index in [1.165, 1.54) is 18.5 Å². The van der Waals surface area contributed by atoms with Gasteiger partial charge in [0, 0.05) is 36.2 Å². The van der Waals surface area contributed by atoms with Crippen LogP contribution in [-0.4, -0.2) is 42.5 Å². The van der Waals surface area contributed by atoms with Gasteiger partial charge in [0.25, 0.3) is 15.9 Å². The fourth-order valence-corrected chi connectivity index (χ4v) is 5.55. The largest absolute Gasteiger partial charge is 0.445 e. The lowest BCUT2D eigenvalue weighted by Crippen LogP contribution is -2.25. The van der Waals surface area contributed by atoms with Crippen LogP contribution in [0, 0.1) is 13.8 Å². The number of benzene rings is 2. The first-order chi connectivity index (χ1) is 17.1. The summed E-state index contributed by atoms with van der Waals surface area (Å²) in [5.41, 5.74) is 3.54. The Labute approximate surface area is 219 Å². The number of nitrogens with zero attached hydrogens (tertiary/aromatic N) is 3. The molecule has 1 N–H and O–H groups in total. The van der Waals surface area contributed by atoms with E-state index in [9.17, 15) is 17.2 Å². The summed E-state index contributed by atoms with van der Waals surface area (Å²) in [5, 5.41) is 3.81. The van der Waals surface area contributed by atoms with E-state index in [1.54, 1.807) is 55.1 Å². The molecule has 0 radical (unpaired) electrons. The molecule has 3 heterocycles. The van der Waals surface area contributed by atoms with Gasteiger partial charge in [0.05, 0.1) is 23.3 Å². The third-order valence-electron chi connectivity index (χ3n) is 6.28. The monoisotopic (exact) mass is 550 g/mol. The zero-order chi connectivity index (χ0) is 25.5. The van der Waals surface area contributed by atoms with E-state index in [-0.39, 0.29) is 49.2 Å². The number of hydrogen-bond donors (Lipinski definition) is 1. The maximum Gasteiger partial charge on any atom is 0.264 e. The first-order valence-electron chi connectivity index (χ1n) is 11.3. The van der Waals surface area contributed by atoms with Crippen molar-refractivity contribution >= 4 is 28.3 Å². The van der Waals surface area contributed by atoms with Gasteiger partial charge in [-0.3, -0.25) is 4.90 Å². The molecule has 5 rings (SSSR count). The number of aryl methyl sites for hydroxylation is 1. The third-order valence-corrected chi connectivity index (χ3v) is 7.67. The molecule has 4 aromatic rings. The second-order valence-corrected chi connectivity index (χ2v) is 10.5. The summed E-state index contributed by atoms with van der Waals surface area (Å²) in [6.07, 6.45) is 2.75. The number of aromatic nitrogens is 2. The summed E-state index contributed by atoms with van der Waals surface area (Å²) in [6, 6.07) is 11.9. The number of anilines is 1. The van der Waals surface area contributed by atoms with Gasteiger partial charge < -0.3 is 8.94 Å². The second-order valence-electron chi connectivity index (χ2n) is 8.85. The predicted molar refractivity (Wildman–Crippen MR) is 136 cm³/mol. The Morgan fingerprint density at radius 2 is 1.92 bits per heavy atom. The average molecular weight is 551 g/mol. The SMILES string of the molecule is Cc1noc(NS(=O)(=O)c2ccccc2-c2ccc(-c3ncco3)cc2CN2CCC(F)(F)C2)c1C.Cl. The number of sulfonamides is 1. The minimum absolute atomic E-state index is 0. The van der Waals surface area contributed by atoms with Crippen molar-refractivity contribution in [3.63, 3.8) is 0 Å². The van der Waals surface area contributed by atoms with Crippen molar-refractivity contribution in [2.75, 3.05) is 17.8 Å². The van der Waals surface area contributed by atoms with Gasteiger partial charge in [0.15, 0.2) is 0 Å². The highest BCUT2D eigenvalue weighted by atomic mass is 35.5. The van der Waals surface area contributed by atoms with Crippen LogP contribution in [0.15, 0.2) is 68.8 Å². The second kappa shape index (κ2) is 10.2. The minimum atomic E-state index is -4.07. The van der Waals surface area contributed by atoms with Gasteiger partial charge in [-0.05, 0) is 43.2 Å². The van der Waals surface area contributed by atoms with Crippen LogP contribution in [0.5, 0.6) is 0 Å². The average Bonchev–Trinajstić information content (AvgIpc) is 3.57. The Morgan fingerprint density at radius 3 is 2.57 bits per heavy atom. The molecule has 0 spiro atoms. The van der Waals surface area contributed by atoms with Crippen LogP contribution in [0.25, 0.3) is 22.6 Å². The Hall–Kier alpha value is -3.28. The van der Waals surface area contributed by atoms with Gasteiger partial charge in [-0.1, -0.05) is 29.4 Å². The Bertz CT molecular complexity index is 1510. The molecule has 8 nitrogen and oxygen atoms in total. The van der Waals surface area contributed by atoms with Crippen LogP contribution in [0.2, 0.25) is 0 Å². The number of alkyl halides is 2. The van der Waals surface area contributed by atoms with E-state index in [1.807, 2.05) is 0 Å². The van der Waals surface area contributed by atoms with Gasteiger partial charge in [-0.2, -0.15) is 0 Å². The Morgan fingerprint density at radius 1 is 1.14 bits per heavy atom. The summed E-state index contributed by atoms with van der Waals surface area (Å²) >= 11 is 0. The van der Waals surface area contributed by atoms with Crippen molar-refractivity contribution in [2.24, 2.45) is 0 Å². The lowest BCUT2D eigenvalue weighted by atomic mass is 9.97. The third kappa shape index (κ3) is 5.53. The van der Waals surface area contributed by atoms with Crippen LogP contribution >= 0.6 is 12.4 Å². The van der Waals surface area contributed by atoms with Crippen LogP contribution < -0.4 is 4.72 Å². The normalized spacial score (nSPS) is 15.5. The number of likely N-dealkylation sites (tertiary alicyclic amines) is 1. The summed E-state index contributed by atoms with van der Waals surface area (Å²) < 4.78 is 67.7. The number of hydrogen-bond acceptors (Lipinski definition) is 7. The smallest absolute Gasteiger partial charge is 0.264 e. The molecule has 0 atom stereocenters. The molecule has 1 aliphatic heterocycles. The summed E-state index contributed by atoms with van der Waals surface area (Å²) in [6.45, 7) is 3.51. The van der Waals surface area contributed by atoms with Gasteiger partial charge in [0.1, 0.15) is 6.26 Å². The van der Waals surface area contributed by atoms with E-state index >= 15 is 0 Å². The van der Waals surface area contributed by atoms with E-state index < -0.39 is 15.9 Å². The first kappa shape index (κ1) is 26.8. The lowest BCUT2D eigenvalue weighted by Gasteiger charge is -2.20. The molecule has 12 heteroatoms. The van der Waals surface area contributed by atoms with E-state index in [0.717, 1.165) is 0 Å². The predicted octanol–water partition coefficient (Wildman–Crippen LogP) is 5.68. The van der Waals surface area contributed by atoms with E-state index in [4.69, 9.17) is 8.94 Å². The van der Waals surface area contributed by atoms with Gasteiger partial charge in [0.2, 0.25) is 11.8 Å². The molecule has 0 saturated carbocycles. The highest BCUT2D eigenvalue weighted by Crippen LogP contribution is 2.36. The van der Waals surface area contributed by atoms with E-state index in [0.29, 0.717) is 39.4 Å². The van der Waals surface area contributed by atoms with Crippen molar-refractivity contribution in [3.05, 3.63) is 71.7 Å². The maximum absolute atomic E-state index is 13.9. The molecule has 37 heavy (non-hydrogen) atoms. The summed E-state index contributed by atoms with van der Waals surface area (Å²) in [4.78, 5) is 5.86. The zero-order valence-corrected chi connectivity index (χ0v) is 21.7. The van der Waals surface area contributed by atoms with Gasteiger partial charge in [-0.25, -0.2) is 26.9 Å². The molecule has 196 valence electrons. The molecule has 0 amide bonds. The van der Waals surface area contributed by atoms with Crippen molar-refractivity contribution in [1.82, 2.24) is 15.0 Å². The quantitative estimate of drug-likeness (QED) is 0.316. The molecule has 0 unspecified atom stereocenters. The standard InChI is InChI=1S/C25H24F2N4O4S.ClH/c1-16-17(2)29-35-23(16)30-36(32,33)22-6-4-3-5-21(22)20-8-7-18(24-28-10-12-34-24)13-19(20)14-31-11-9-25(26,27)15-31;/h3-8,10,12-13,30H,9,11,14-15H2,1-2H3;1H. The van der Waals surface area contributed by atoms with Crippen LogP contribution in [0.3, 0.4) is 0 Å². The summed E-state index contributed by atoms with van der Waals surface area (Å²) in [5.74, 6) is -2.33. The van der Waals surface area contributed by atoms with Crippen LogP contribution in [0.1, 0.15) is 23.2 Å². The van der Waals surface area contributed by atoms with Gasteiger partial charge >= 0.3 is 0 Å². The van der Waals surface area contributed by atoms with Crippen molar-refractivity contribution in [1.29, 1.82) is 0 Å². The molecule has 0 bridgehead atoms. The van der Waals surface area contributed by atoms with Crippen molar-refractivity contribution < 1.29 is 26.1 Å². The van der Waals surface area contributed by atoms with Crippen LogP contribution in [0.4, 0.5) is 14.7 Å². The number of nitrogens with one attached hydrogen (secondary N) is 1. The topological polar surface area (TPSA) is 101 Å². The molecule has 1 fully saturated rings. The van der Waals surface area contributed by atoms with E-state index in [2.05, 4.69) is 14.9 Å². The zero-order valence-electron chi connectivity index (χ0n) is 20.1. The molecule has 2 aromatic heterocycles. The molecule has 2 aromatic carbocycles. The first-order valence-corrected chi connectivity index (χ1v) is 12.8. The van der Waals surface area contributed by atoms with Crippen molar-refractivity contribution in [3.8, 4) is 22.6 Å². The lowest BCUT2D eigenvalue weighted by molar-refractivity contribution is 0.0115. The van der Waals surface area contributed by atoms with Gasteiger partial charge in [-0.15, -0.1) is 12.4 Å². The van der Waals surface area contributed by atoms with Crippen molar-refractivity contribution in [2.45, 2.75) is 37.6 Å². The fourth-order valence-electron chi connectivity index (χ4n) is 4.28. The highest BCUT2D eigenvalue weighted by Gasteiger charge is 2.38. The number of rotatable bonds is 7. The Balaban J connectivity index is 0.00000320. The molecule has 1 saturated heterocycles. The molecular formula is C25H25ClF2N4O4S. The minimum Gasteiger partial charge on any atom is -0.445 e. The molecular weight excluding hydrogens is 526 g/mol. The summed E-state index contributed by atoms with van der Waals surface area (Å²) in [7, 11) is -4.07. The van der Waals surface area contributed by atoms with Crippen LogP contribution in [-0.2, 0) is 16.6 Å². The number of oxazole rings is 1. The number of halogens is 3. The molecule has 1 aliphatic rings. The fraction of sp³-hybridized carbons (Fsp3) is 0.280. The Kier molecular flexibility index (Phi) is 7.40. The highest BCUT2D eigenvalue weighted by molar-refractivity contribution is 7.92. The maximum atomic E-state index is 13.9.